The van der Waals surface area contributed by atoms with Crippen molar-refractivity contribution in [1.29, 1.82) is 0 Å². The first-order valence-electron chi connectivity index (χ1n) is 12.8. The average Bonchev–Trinajstić information content (AvgIpc) is 3.45. The molecule has 1 aliphatic heterocycles. The van der Waals surface area contributed by atoms with Crippen LogP contribution in [0.1, 0.15) is 23.6 Å². The van der Waals surface area contributed by atoms with Crippen LogP contribution in [0.5, 0.6) is 17.2 Å². The number of methoxy groups -OCH3 is 1. The number of alkyl halides is 4. The summed E-state index contributed by atoms with van der Waals surface area (Å²) in [5.41, 5.74) is -0.143. The first-order chi connectivity index (χ1) is 19.8. The Morgan fingerprint density at radius 2 is 1.81 bits per heavy atom. The van der Waals surface area contributed by atoms with E-state index < -0.39 is 48.2 Å². The number of carboxylic acid groups (broad SMARTS) is 1. The molecule has 0 radical (unpaired) electrons. The summed E-state index contributed by atoms with van der Waals surface area (Å²) < 4.78 is 68.2. The van der Waals surface area contributed by atoms with Gasteiger partial charge in [-0.2, -0.15) is 0 Å². The molecular formula is C29H25ClF4N2O6. The van der Waals surface area contributed by atoms with Gasteiger partial charge in [0.1, 0.15) is 29.9 Å². The van der Waals surface area contributed by atoms with Crippen molar-refractivity contribution in [3.05, 3.63) is 76.8 Å². The zero-order chi connectivity index (χ0) is 30.2. The zero-order valence-corrected chi connectivity index (χ0v) is 22.8. The van der Waals surface area contributed by atoms with Crippen LogP contribution in [0.3, 0.4) is 0 Å². The number of hydrogen-bond acceptors (Lipinski definition) is 6. The van der Waals surface area contributed by atoms with E-state index in [-0.39, 0.29) is 18.7 Å². The monoisotopic (exact) mass is 608 g/mol. The summed E-state index contributed by atoms with van der Waals surface area (Å²) in [6.45, 7) is -0.256. The Bertz CT molecular complexity index is 1500. The lowest BCUT2D eigenvalue weighted by atomic mass is 10.0. The molecule has 5 rings (SSSR count). The quantitative estimate of drug-likeness (QED) is 0.265. The lowest BCUT2D eigenvalue weighted by molar-refractivity contribution is -0.274. The molecule has 2 N–H and O–H groups in total. The Kier molecular flexibility index (Phi) is 7.84. The number of halogens is 5. The molecule has 0 saturated heterocycles. The number of nitrogens with one attached hydrogen (secondary N) is 1. The molecule has 3 aromatic carbocycles. The number of rotatable bonds is 10. The van der Waals surface area contributed by atoms with E-state index in [4.69, 9.17) is 26.2 Å². The van der Waals surface area contributed by atoms with E-state index in [1.807, 2.05) is 0 Å². The number of carboxylic acids is 1. The first kappa shape index (κ1) is 29.3. The molecular weight excluding hydrogens is 584 g/mol. The van der Waals surface area contributed by atoms with E-state index in [1.54, 1.807) is 30.3 Å². The number of benzene rings is 3. The molecule has 8 nitrogen and oxygen atoms in total. The topological polar surface area (TPSA) is 97.3 Å². The molecule has 1 heterocycles. The molecule has 42 heavy (non-hydrogen) atoms. The normalized spacial score (nSPS) is 20.0. The number of carbonyl (C=O) groups excluding carboxylic acids is 1. The fourth-order valence-corrected chi connectivity index (χ4v) is 4.98. The molecule has 0 bridgehead atoms. The standard InChI is InChI=1S/C29H25ClF4N2O6/c1-40-21-10-19(11-22(12-21)41-15-28(31)14-23(28)27(38)39)35-25(17-2-5-18(30)6-3-17)26(37)36-9-8-16-4-7-20(13-24(16)36)42-29(32,33)34/h2-7,10-13,23,25,35H,8-9,14-15H2,1H3,(H,38,39)/t23-,25?,28+/m0/s1. The highest BCUT2D eigenvalue weighted by Crippen LogP contribution is 2.48. The third-order valence-electron chi connectivity index (χ3n) is 7.11. The molecule has 1 aliphatic carbocycles. The van der Waals surface area contributed by atoms with Gasteiger partial charge in [-0.1, -0.05) is 29.8 Å². The Morgan fingerprint density at radius 3 is 2.45 bits per heavy atom. The minimum absolute atomic E-state index is 0.155. The van der Waals surface area contributed by atoms with Crippen molar-refractivity contribution >= 4 is 34.9 Å². The van der Waals surface area contributed by atoms with E-state index >= 15 is 0 Å². The van der Waals surface area contributed by atoms with Crippen LogP contribution in [-0.4, -0.2) is 49.3 Å². The van der Waals surface area contributed by atoms with Crippen LogP contribution >= 0.6 is 11.6 Å². The van der Waals surface area contributed by atoms with Crippen LogP contribution < -0.4 is 24.4 Å². The van der Waals surface area contributed by atoms with Crippen LogP contribution in [0, 0.1) is 5.92 Å². The van der Waals surface area contributed by atoms with Crippen molar-refractivity contribution in [3.8, 4) is 17.2 Å². The van der Waals surface area contributed by atoms with E-state index in [0.29, 0.717) is 39.7 Å². The van der Waals surface area contributed by atoms with Crippen molar-refractivity contribution in [2.45, 2.75) is 30.9 Å². The van der Waals surface area contributed by atoms with Gasteiger partial charge >= 0.3 is 12.3 Å². The van der Waals surface area contributed by atoms with Gasteiger partial charge in [0.05, 0.1) is 18.7 Å². The number of nitrogens with zero attached hydrogens (tertiary/aromatic N) is 1. The second-order valence-electron chi connectivity index (χ2n) is 10.0. The molecule has 0 spiro atoms. The van der Waals surface area contributed by atoms with Gasteiger partial charge in [0, 0.05) is 47.9 Å². The Balaban J connectivity index is 1.43. The molecule has 0 aromatic heterocycles. The number of carbonyl (C=O) groups is 2. The second-order valence-corrected chi connectivity index (χ2v) is 10.5. The average molecular weight is 609 g/mol. The van der Waals surface area contributed by atoms with Gasteiger partial charge in [0.25, 0.3) is 5.91 Å². The Labute approximate surface area is 242 Å². The molecule has 1 amide bonds. The van der Waals surface area contributed by atoms with Gasteiger partial charge in [0.15, 0.2) is 5.67 Å². The van der Waals surface area contributed by atoms with Crippen molar-refractivity contribution in [3.63, 3.8) is 0 Å². The summed E-state index contributed by atoms with van der Waals surface area (Å²) in [6.07, 6.45) is -4.62. The highest BCUT2D eigenvalue weighted by Gasteiger charge is 2.61. The number of amides is 1. The number of anilines is 2. The highest BCUT2D eigenvalue weighted by molar-refractivity contribution is 6.30. The summed E-state index contributed by atoms with van der Waals surface area (Å²) in [6, 6.07) is 13.9. The van der Waals surface area contributed by atoms with Crippen LogP contribution in [0.15, 0.2) is 60.7 Å². The van der Waals surface area contributed by atoms with Crippen LogP contribution in [0.2, 0.25) is 5.02 Å². The van der Waals surface area contributed by atoms with Crippen LogP contribution in [0.4, 0.5) is 28.9 Å². The SMILES string of the molecule is COc1cc(NC(C(=O)N2CCc3ccc(OC(F)(F)F)cc32)c2ccc(Cl)cc2)cc(OC[C@]2(F)C[C@H]2C(=O)O)c1. The maximum atomic E-state index is 14.7. The summed E-state index contributed by atoms with van der Waals surface area (Å²) in [5, 5.41) is 12.6. The van der Waals surface area contributed by atoms with Crippen molar-refractivity contribution in [2.24, 2.45) is 5.92 Å². The van der Waals surface area contributed by atoms with Gasteiger partial charge in [-0.15, -0.1) is 13.2 Å². The fraction of sp³-hybridized carbons (Fsp3) is 0.310. The first-order valence-corrected chi connectivity index (χ1v) is 13.2. The maximum Gasteiger partial charge on any atom is 0.573 e. The summed E-state index contributed by atoms with van der Waals surface area (Å²) in [7, 11) is 1.41. The molecule has 3 aromatic rings. The zero-order valence-electron chi connectivity index (χ0n) is 22.1. The summed E-state index contributed by atoms with van der Waals surface area (Å²) in [4.78, 5) is 26.5. The Hall–Kier alpha value is -4.19. The van der Waals surface area contributed by atoms with Crippen molar-refractivity contribution in [2.75, 3.05) is 30.5 Å². The van der Waals surface area contributed by atoms with Crippen molar-refractivity contribution in [1.82, 2.24) is 0 Å². The van der Waals surface area contributed by atoms with E-state index in [0.717, 1.165) is 0 Å². The van der Waals surface area contributed by atoms with Gasteiger partial charge < -0.3 is 29.5 Å². The van der Waals surface area contributed by atoms with E-state index in [2.05, 4.69) is 10.1 Å². The maximum absolute atomic E-state index is 14.7. The fourth-order valence-electron chi connectivity index (χ4n) is 4.86. The largest absolute Gasteiger partial charge is 0.573 e. The van der Waals surface area contributed by atoms with Crippen LogP contribution in [-0.2, 0) is 16.0 Å². The number of ether oxygens (including phenoxy) is 3. The minimum Gasteiger partial charge on any atom is -0.497 e. The van der Waals surface area contributed by atoms with E-state index in [9.17, 15) is 27.2 Å². The molecule has 2 aliphatic rings. The molecule has 222 valence electrons. The van der Waals surface area contributed by atoms with Gasteiger partial charge in [-0.25, -0.2) is 4.39 Å². The third-order valence-corrected chi connectivity index (χ3v) is 7.37. The number of hydrogen-bond donors (Lipinski definition) is 2. The van der Waals surface area contributed by atoms with E-state index in [1.165, 1.54) is 42.3 Å². The number of fused-ring (bicyclic) bond motifs is 1. The molecule has 1 saturated carbocycles. The molecule has 13 heteroatoms. The third kappa shape index (κ3) is 6.48. The molecule has 1 fully saturated rings. The molecule has 3 atom stereocenters. The van der Waals surface area contributed by atoms with Gasteiger partial charge in [-0.3, -0.25) is 9.59 Å². The summed E-state index contributed by atoms with van der Waals surface area (Å²) >= 11 is 6.07. The summed E-state index contributed by atoms with van der Waals surface area (Å²) in [5.74, 6) is -2.80. The molecule has 1 unspecified atom stereocenters. The predicted octanol–water partition coefficient (Wildman–Crippen LogP) is 6.18. The minimum atomic E-state index is -4.89. The van der Waals surface area contributed by atoms with Gasteiger partial charge in [0.2, 0.25) is 0 Å². The Morgan fingerprint density at radius 1 is 1.10 bits per heavy atom. The second kappa shape index (κ2) is 11.2. The van der Waals surface area contributed by atoms with Crippen LogP contribution in [0.25, 0.3) is 0 Å². The van der Waals surface area contributed by atoms with Gasteiger partial charge in [-0.05, 0) is 35.7 Å². The smallest absolute Gasteiger partial charge is 0.497 e. The highest BCUT2D eigenvalue weighted by atomic mass is 35.5. The number of aliphatic carboxylic acids is 1. The van der Waals surface area contributed by atoms with Crippen molar-refractivity contribution < 1.29 is 46.5 Å². The lowest BCUT2D eigenvalue weighted by Crippen LogP contribution is -2.37. The predicted molar refractivity (Wildman–Crippen MR) is 145 cm³/mol. The lowest BCUT2D eigenvalue weighted by Gasteiger charge is -2.27.